The van der Waals surface area contributed by atoms with E-state index in [9.17, 15) is 18.8 Å². The molecule has 8 nitrogen and oxygen atoms in total. The van der Waals surface area contributed by atoms with Crippen molar-refractivity contribution in [1.82, 2.24) is 15.8 Å². The number of carbonyl (C=O) groups excluding carboxylic acids is 3. The highest BCUT2D eigenvalue weighted by Gasteiger charge is 2.33. The van der Waals surface area contributed by atoms with Gasteiger partial charge in [-0.05, 0) is 57.4 Å². The van der Waals surface area contributed by atoms with Gasteiger partial charge in [0, 0.05) is 17.4 Å². The van der Waals surface area contributed by atoms with Crippen LogP contribution in [0.3, 0.4) is 0 Å². The van der Waals surface area contributed by atoms with E-state index in [1.54, 1.807) is 26.8 Å². The highest BCUT2D eigenvalue weighted by atomic mass is 79.9. The first-order valence-electron chi connectivity index (χ1n) is 9.58. The number of hydrogen-bond donors (Lipinski definition) is 2. The molecule has 0 aromatic heterocycles. The summed E-state index contributed by atoms with van der Waals surface area (Å²) in [5.41, 5.74) is 2.61. The van der Waals surface area contributed by atoms with Crippen LogP contribution in [0.15, 0.2) is 22.7 Å². The van der Waals surface area contributed by atoms with Gasteiger partial charge >= 0.3 is 12.1 Å². The van der Waals surface area contributed by atoms with Crippen LogP contribution in [0.2, 0.25) is 0 Å². The maximum atomic E-state index is 13.8. The van der Waals surface area contributed by atoms with E-state index >= 15 is 0 Å². The summed E-state index contributed by atoms with van der Waals surface area (Å²) in [6.45, 7) is 5.48. The molecule has 2 N–H and O–H groups in total. The minimum absolute atomic E-state index is 0.0372. The quantitative estimate of drug-likeness (QED) is 0.619. The van der Waals surface area contributed by atoms with Gasteiger partial charge in [-0.15, -0.1) is 0 Å². The van der Waals surface area contributed by atoms with E-state index in [2.05, 4.69) is 26.7 Å². The summed E-state index contributed by atoms with van der Waals surface area (Å²) in [6, 6.07) is 2.58. The maximum absolute atomic E-state index is 13.8. The fraction of sp³-hybridized carbons (Fsp3) is 0.550. The average Bonchev–Trinajstić information content (AvgIpc) is 2.64. The van der Waals surface area contributed by atoms with Gasteiger partial charge in [-0.2, -0.15) is 0 Å². The Balaban J connectivity index is 2.21. The molecule has 0 aliphatic carbocycles. The molecule has 0 bridgehead atoms. The smallest absolute Gasteiger partial charge is 0.408 e. The van der Waals surface area contributed by atoms with E-state index in [1.165, 1.54) is 24.3 Å². The van der Waals surface area contributed by atoms with Gasteiger partial charge in [0.1, 0.15) is 23.5 Å². The van der Waals surface area contributed by atoms with Gasteiger partial charge in [-0.1, -0.05) is 15.9 Å². The van der Waals surface area contributed by atoms with E-state index in [4.69, 9.17) is 9.47 Å². The predicted octanol–water partition coefficient (Wildman–Crippen LogP) is 2.69. The minimum atomic E-state index is -1.03. The maximum Gasteiger partial charge on any atom is 0.408 e. The van der Waals surface area contributed by atoms with E-state index in [0.717, 1.165) is 0 Å². The first kappa shape index (κ1) is 24.1. The molecule has 1 heterocycles. The minimum Gasteiger partial charge on any atom is -0.468 e. The lowest BCUT2D eigenvalue weighted by molar-refractivity contribution is -0.150. The van der Waals surface area contributed by atoms with Crippen molar-refractivity contribution < 1.29 is 28.2 Å². The molecule has 1 saturated heterocycles. The molecule has 0 saturated carbocycles. The van der Waals surface area contributed by atoms with Crippen LogP contribution in [0.4, 0.5) is 9.18 Å². The molecule has 1 fully saturated rings. The zero-order chi connectivity index (χ0) is 22.5. The summed E-state index contributed by atoms with van der Waals surface area (Å²) in [5.74, 6) is -1.40. The fourth-order valence-corrected chi connectivity index (χ4v) is 3.57. The van der Waals surface area contributed by atoms with Gasteiger partial charge in [0.25, 0.3) is 5.91 Å². The molecule has 0 radical (unpaired) electrons. The largest absolute Gasteiger partial charge is 0.468 e. The third kappa shape index (κ3) is 7.24. The second-order valence-corrected chi connectivity index (χ2v) is 8.93. The number of halogens is 2. The Morgan fingerprint density at radius 2 is 2.03 bits per heavy atom. The highest BCUT2D eigenvalue weighted by Crippen LogP contribution is 2.18. The van der Waals surface area contributed by atoms with Gasteiger partial charge < -0.3 is 14.8 Å². The van der Waals surface area contributed by atoms with Crippen molar-refractivity contribution in [2.75, 3.05) is 13.7 Å². The molecule has 1 aliphatic rings. The van der Waals surface area contributed by atoms with Crippen molar-refractivity contribution in [3.05, 3.63) is 34.1 Å². The zero-order valence-corrected chi connectivity index (χ0v) is 19.0. The van der Waals surface area contributed by atoms with E-state index in [1.807, 2.05) is 0 Å². The monoisotopic (exact) mass is 487 g/mol. The molecule has 2 atom stereocenters. The van der Waals surface area contributed by atoms with Crippen molar-refractivity contribution in [2.24, 2.45) is 0 Å². The molecule has 1 aromatic rings. The van der Waals surface area contributed by atoms with E-state index < -0.39 is 41.5 Å². The summed E-state index contributed by atoms with van der Waals surface area (Å²) in [4.78, 5) is 37.3. The van der Waals surface area contributed by atoms with E-state index in [0.29, 0.717) is 29.4 Å². The van der Waals surface area contributed by atoms with Crippen LogP contribution < -0.4 is 10.7 Å². The molecular weight excluding hydrogens is 461 g/mol. The van der Waals surface area contributed by atoms with Gasteiger partial charge in [0.05, 0.1) is 7.11 Å². The molecule has 30 heavy (non-hydrogen) atoms. The van der Waals surface area contributed by atoms with E-state index in [-0.39, 0.29) is 6.42 Å². The van der Waals surface area contributed by atoms with Gasteiger partial charge in [0.2, 0.25) is 0 Å². The number of hydrazine groups is 1. The Morgan fingerprint density at radius 1 is 1.33 bits per heavy atom. The number of esters is 1. The van der Waals surface area contributed by atoms with Crippen LogP contribution in [0.1, 0.15) is 39.2 Å². The van der Waals surface area contributed by atoms with Crippen LogP contribution in [0.25, 0.3) is 0 Å². The lowest BCUT2D eigenvalue weighted by Crippen LogP contribution is -2.60. The van der Waals surface area contributed by atoms with Gasteiger partial charge in [-0.3, -0.25) is 14.6 Å². The molecule has 2 rings (SSSR count). The van der Waals surface area contributed by atoms with Gasteiger partial charge in [0.15, 0.2) is 0 Å². The van der Waals surface area contributed by atoms with Crippen molar-refractivity contribution in [3.8, 4) is 0 Å². The first-order valence-corrected chi connectivity index (χ1v) is 10.4. The fourth-order valence-electron chi connectivity index (χ4n) is 3.06. The molecule has 0 unspecified atom stereocenters. The Labute approximate surface area is 183 Å². The Hall–Kier alpha value is -2.20. The lowest BCUT2D eigenvalue weighted by atomic mass is 10.0. The third-order valence-corrected chi connectivity index (χ3v) is 4.75. The zero-order valence-electron chi connectivity index (χ0n) is 17.5. The number of hydrogen-bond acceptors (Lipinski definition) is 6. The predicted molar refractivity (Wildman–Crippen MR) is 111 cm³/mol. The molecule has 1 aliphatic heterocycles. The number of ether oxygens (including phenoxy) is 2. The average molecular weight is 488 g/mol. The van der Waals surface area contributed by atoms with Crippen LogP contribution in [0, 0.1) is 5.82 Å². The van der Waals surface area contributed by atoms with Gasteiger partial charge in [-0.25, -0.2) is 14.6 Å². The molecular formula is C20H27BrFN3O5. The molecule has 1 aromatic carbocycles. The molecule has 0 spiro atoms. The molecule has 166 valence electrons. The SMILES string of the molecule is COC(=O)[C@@H]1CCCN(C(=O)[C@H](Cc2cc(F)cc(Br)c2)NC(=O)OC(C)(C)C)N1. The molecule has 10 heteroatoms. The second kappa shape index (κ2) is 10.2. The summed E-state index contributed by atoms with van der Waals surface area (Å²) in [7, 11) is 1.28. The molecule has 2 amide bonds. The summed E-state index contributed by atoms with van der Waals surface area (Å²) >= 11 is 3.23. The lowest BCUT2D eigenvalue weighted by Gasteiger charge is -2.35. The number of alkyl carbamates (subject to hydrolysis) is 1. The number of nitrogens with zero attached hydrogens (tertiary/aromatic N) is 1. The normalized spacial score (nSPS) is 17.8. The van der Waals surface area contributed by atoms with Crippen LogP contribution in [0.5, 0.6) is 0 Å². The summed E-state index contributed by atoms with van der Waals surface area (Å²) in [5, 5.41) is 3.86. The van der Waals surface area contributed by atoms with Crippen molar-refractivity contribution in [1.29, 1.82) is 0 Å². The number of nitrogens with one attached hydrogen (secondary N) is 2. The number of rotatable bonds is 5. The Bertz CT molecular complexity index is 779. The number of methoxy groups -OCH3 is 1. The summed E-state index contributed by atoms with van der Waals surface area (Å²) in [6.07, 6.45) is 0.383. The number of amides is 2. The first-order chi connectivity index (χ1) is 14.0. The van der Waals surface area contributed by atoms with Crippen LogP contribution in [-0.4, -0.2) is 54.3 Å². The Kier molecular flexibility index (Phi) is 8.19. The third-order valence-electron chi connectivity index (χ3n) is 4.29. The van der Waals surface area contributed by atoms with Crippen LogP contribution in [-0.2, 0) is 25.5 Å². The topological polar surface area (TPSA) is 97.0 Å². The van der Waals surface area contributed by atoms with Crippen LogP contribution >= 0.6 is 15.9 Å². The summed E-state index contributed by atoms with van der Waals surface area (Å²) < 4.78 is 24.3. The number of benzene rings is 1. The second-order valence-electron chi connectivity index (χ2n) is 8.02. The highest BCUT2D eigenvalue weighted by molar-refractivity contribution is 9.10. The Morgan fingerprint density at radius 3 is 2.63 bits per heavy atom. The van der Waals surface area contributed by atoms with Crippen molar-refractivity contribution >= 4 is 33.9 Å². The van der Waals surface area contributed by atoms with Crippen molar-refractivity contribution in [2.45, 2.75) is 57.7 Å². The number of carbonyl (C=O) groups is 3. The standard InChI is InChI=1S/C20H27BrFN3O5/c1-20(2,3)30-19(28)23-16(10-12-8-13(21)11-14(22)9-12)17(26)25-7-5-6-15(24-25)18(27)29-4/h8-9,11,15-16,24H,5-7,10H2,1-4H3,(H,23,28)/t15-,16-/m0/s1. The van der Waals surface area contributed by atoms with Crippen molar-refractivity contribution in [3.63, 3.8) is 0 Å².